The average Bonchev–Trinajstić information content (AvgIpc) is 3.26. The van der Waals surface area contributed by atoms with Gasteiger partial charge >= 0.3 is 6.09 Å². The molecular weight excluding hydrogens is 382 g/mol. The quantitative estimate of drug-likeness (QED) is 0.549. The molecular formula is C19H16F2N6O2. The topological polar surface area (TPSA) is 99.9 Å². The van der Waals surface area contributed by atoms with Crippen LogP contribution in [-0.4, -0.2) is 48.1 Å². The van der Waals surface area contributed by atoms with Crippen LogP contribution in [0.25, 0.3) is 33.4 Å². The van der Waals surface area contributed by atoms with Crippen molar-refractivity contribution in [1.29, 1.82) is 0 Å². The van der Waals surface area contributed by atoms with Gasteiger partial charge in [0.1, 0.15) is 17.3 Å². The molecule has 2 N–H and O–H groups in total. The number of amides is 1. The third-order valence-electron chi connectivity index (χ3n) is 4.53. The molecule has 3 heterocycles. The van der Waals surface area contributed by atoms with Crippen LogP contribution in [0.15, 0.2) is 36.8 Å². The molecule has 8 nitrogen and oxygen atoms in total. The molecule has 0 saturated carbocycles. The van der Waals surface area contributed by atoms with Crippen molar-refractivity contribution in [2.75, 3.05) is 7.05 Å². The molecule has 0 unspecified atom stereocenters. The van der Waals surface area contributed by atoms with E-state index in [0.717, 1.165) is 22.6 Å². The standard InChI is InChI=1S/C19H16F2N6O2/c1-26(19(28)29)8-10-3-13(20)17(14(21)4-10)15-5-12-16(7-22-15)24-25-18(12)11-6-23-27(2)9-11/h3-7,9H,8H2,1-2H3,(H,24,25)(H,28,29). The highest BCUT2D eigenvalue weighted by atomic mass is 19.1. The molecule has 10 heteroatoms. The lowest BCUT2D eigenvalue weighted by atomic mass is 10.0. The molecule has 0 aliphatic rings. The number of nitrogens with one attached hydrogen (secondary N) is 1. The van der Waals surface area contributed by atoms with E-state index in [4.69, 9.17) is 5.11 Å². The predicted octanol–water partition coefficient (Wildman–Crippen LogP) is 3.41. The Morgan fingerprint density at radius 1 is 1.24 bits per heavy atom. The van der Waals surface area contributed by atoms with E-state index in [1.54, 1.807) is 30.2 Å². The van der Waals surface area contributed by atoms with Crippen molar-refractivity contribution in [3.63, 3.8) is 0 Å². The minimum Gasteiger partial charge on any atom is -0.465 e. The first kappa shape index (κ1) is 18.5. The maximum Gasteiger partial charge on any atom is 0.407 e. The van der Waals surface area contributed by atoms with Crippen LogP contribution in [0.2, 0.25) is 0 Å². The SMILES string of the molecule is CN(Cc1cc(F)c(-c2cc3c(-c4cnn(C)c4)n[nH]c3cn2)c(F)c1)C(=O)O. The number of carbonyl (C=O) groups is 1. The van der Waals surface area contributed by atoms with Gasteiger partial charge in [-0.05, 0) is 23.8 Å². The van der Waals surface area contributed by atoms with Crippen molar-refractivity contribution >= 4 is 17.0 Å². The summed E-state index contributed by atoms with van der Waals surface area (Å²) in [5, 5.41) is 20.8. The number of aromatic nitrogens is 5. The predicted molar refractivity (Wildman–Crippen MR) is 101 cm³/mol. The Labute approximate surface area is 163 Å². The number of rotatable bonds is 4. The van der Waals surface area contributed by atoms with E-state index in [2.05, 4.69) is 20.3 Å². The van der Waals surface area contributed by atoms with Crippen LogP contribution in [-0.2, 0) is 13.6 Å². The summed E-state index contributed by atoms with van der Waals surface area (Å²) in [6, 6.07) is 3.79. The Kier molecular flexibility index (Phi) is 4.45. The maximum atomic E-state index is 14.7. The van der Waals surface area contributed by atoms with Gasteiger partial charge in [-0.25, -0.2) is 13.6 Å². The monoisotopic (exact) mass is 398 g/mol. The lowest BCUT2D eigenvalue weighted by Crippen LogP contribution is -2.24. The number of H-pyrrole nitrogens is 1. The number of aromatic amines is 1. The minimum atomic E-state index is -1.19. The summed E-state index contributed by atoms with van der Waals surface area (Å²) in [4.78, 5) is 16.0. The largest absolute Gasteiger partial charge is 0.465 e. The summed E-state index contributed by atoms with van der Waals surface area (Å²) in [6.45, 7) is -0.136. The number of aryl methyl sites for hydroxylation is 1. The summed E-state index contributed by atoms with van der Waals surface area (Å²) in [6.07, 6.45) is 3.70. The molecule has 0 saturated heterocycles. The number of fused-ring (bicyclic) bond motifs is 1. The van der Waals surface area contributed by atoms with Crippen LogP contribution in [0.1, 0.15) is 5.56 Å². The second-order valence-electron chi connectivity index (χ2n) is 6.66. The fourth-order valence-electron chi connectivity index (χ4n) is 3.12. The summed E-state index contributed by atoms with van der Waals surface area (Å²) in [7, 11) is 3.10. The molecule has 1 aromatic carbocycles. The summed E-state index contributed by atoms with van der Waals surface area (Å²) >= 11 is 0. The van der Waals surface area contributed by atoms with Crippen molar-refractivity contribution in [2.45, 2.75) is 6.54 Å². The van der Waals surface area contributed by atoms with Gasteiger partial charge in [-0.1, -0.05) is 0 Å². The van der Waals surface area contributed by atoms with Gasteiger partial charge < -0.3 is 10.0 Å². The number of halogens is 2. The van der Waals surface area contributed by atoms with Crippen LogP contribution in [0.4, 0.5) is 13.6 Å². The molecule has 0 fully saturated rings. The highest BCUT2D eigenvalue weighted by Gasteiger charge is 2.18. The minimum absolute atomic E-state index is 0.108. The summed E-state index contributed by atoms with van der Waals surface area (Å²) in [5.74, 6) is -1.64. The Morgan fingerprint density at radius 2 is 1.97 bits per heavy atom. The first-order chi connectivity index (χ1) is 13.8. The van der Waals surface area contributed by atoms with Gasteiger partial charge in [0.05, 0.1) is 29.2 Å². The molecule has 0 atom stereocenters. The lowest BCUT2D eigenvalue weighted by Gasteiger charge is -2.14. The van der Waals surface area contributed by atoms with Crippen LogP contribution < -0.4 is 0 Å². The number of carboxylic acid groups (broad SMARTS) is 1. The van der Waals surface area contributed by atoms with E-state index >= 15 is 0 Å². The smallest absolute Gasteiger partial charge is 0.407 e. The zero-order chi connectivity index (χ0) is 20.7. The first-order valence-electron chi connectivity index (χ1n) is 8.59. The molecule has 4 aromatic rings. The molecule has 29 heavy (non-hydrogen) atoms. The Bertz CT molecular complexity index is 1210. The van der Waals surface area contributed by atoms with E-state index < -0.39 is 17.7 Å². The molecule has 0 aliphatic carbocycles. The lowest BCUT2D eigenvalue weighted by molar-refractivity contribution is 0.153. The van der Waals surface area contributed by atoms with Gasteiger partial charge in [-0.2, -0.15) is 10.2 Å². The third-order valence-corrected chi connectivity index (χ3v) is 4.53. The molecule has 0 aliphatic heterocycles. The van der Waals surface area contributed by atoms with Gasteiger partial charge in [0, 0.05) is 37.8 Å². The highest BCUT2D eigenvalue weighted by molar-refractivity contribution is 5.94. The second kappa shape index (κ2) is 6.97. The number of pyridine rings is 1. The van der Waals surface area contributed by atoms with Gasteiger partial charge in [0.25, 0.3) is 0 Å². The van der Waals surface area contributed by atoms with Crippen LogP contribution >= 0.6 is 0 Å². The van der Waals surface area contributed by atoms with E-state index in [-0.39, 0.29) is 23.4 Å². The second-order valence-corrected chi connectivity index (χ2v) is 6.66. The molecule has 148 valence electrons. The van der Waals surface area contributed by atoms with Gasteiger partial charge in [-0.3, -0.25) is 14.8 Å². The number of hydrogen-bond donors (Lipinski definition) is 2. The highest BCUT2D eigenvalue weighted by Crippen LogP contribution is 2.31. The fraction of sp³-hybridized carbons (Fsp3) is 0.158. The molecule has 0 bridgehead atoms. The average molecular weight is 398 g/mol. The Morgan fingerprint density at radius 3 is 2.59 bits per heavy atom. The normalized spacial score (nSPS) is 11.2. The van der Waals surface area contributed by atoms with Gasteiger partial charge in [-0.15, -0.1) is 0 Å². The summed E-state index contributed by atoms with van der Waals surface area (Å²) in [5.41, 5.74) is 1.99. The van der Waals surface area contributed by atoms with E-state index in [1.807, 2.05) is 0 Å². The number of hydrogen-bond acceptors (Lipinski definition) is 4. The Hall–Kier alpha value is -3.82. The zero-order valence-electron chi connectivity index (χ0n) is 15.5. The van der Waals surface area contributed by atoms with Crippen molar-refractivity contribution in [3.05, 3.63) is 54.0 Å². The Balaban J connectivity index is 1.77. The molecule has 3 aromatic heterocycles. The van der Waals surface area contributed by atoms with Crippen molar-refractivity contribution in [1.82, 2.24) is 29.9 Å². The van der Waals surface area contributed by atoms with E-state index in [0.29, 0.717) is 16.6 Å². The van der Waals surface area contributed by atoms with Crippen molar-refractivity contribution < 1.29 is 18.7 Å². The van der Waals surface area contributed by atoms with Gasteiger partial charge in [0.15, 0.2) is 0 Å². The number of nitrogens with zero attached hydrogens (tertiary/aromatic N) is 5. The third kappa shape index (κ3) is 3.40. The van der Waals surface area contributed by atoms with Gasteiger partial charge in [0.2, 0.25) is 0 Å². The van der Waals surface area contributed by atoms with Crippen molar-refractivity contribution in [3.8, 4) is 22.5 Å². The molecule has 0 radical (unpaired) electrons. The molecule has 0 spiro atoms. The van der Waals surface area contributed by atoms with Crippen molar-refractivity contribution in [2.24, 2.45) is 7.05 Å². The van der Waals surface area contributed by atoms with E-state index in [1.165, 1.54) is 13.2 Å². The molecule has 4 rings (SSSR count). The molecule has 1 amide bonds. The fourth-order valence-corrected chi connectivity index (χ4v) is 3.12. The summed E-state index contributed by atoms with van der Waals surface area (Å²) < 4.78 is 31.1. The van der Waals surface area contributed by atoms with Crippen LogP contribution in [0.5, 0.6) is 0 Å². The zero-order valence-corrected chi connectivity index (χ0v) is 15.5. The first-order valence-corrected chi connectivity index (χ1v) is 8.59. The maximum absolute atomic E-state index is 14.7. The van der Waals surface area contributed by atoms with Crippen LogP contribution in [0.3, 0.4) is 0 Å². The van der Waals surface area contributed by atoms with E-state index in [9.17, 15) is 13.6 Å². The number of benzene rings is 1. The van der Waals surface area contributed by atoms with Crippen LogP contribution in [0, 0.1) is 11.6 Å².